The van der Waals surface area contributed by atoms with Gasteiger partial charge < -0.3 is 29.0 Å². The molecule has 302 valence electrons. The molecular weight excluding hydrogens is 706 g/mol. The molecule has 0 saturated carbocycles. The second kappa shape index (κ2) is 25.1. The van der Waals surface area contributed by atoms with Crippen molar-refractivity contribution < 1.29 is 47.7 Å². The van der Waals surface area contributed by atoms with Crippen LogP contribution in [0.25, 0.3) is 0 Å². The number of nitrogens with zero attached hydrogens (tertiary/aromatic N) is 1. The van der Waals surface area contributed by atoms with Gasteiger partial charge >= 0.3 is 0 Å². The summed E-state index contributed by atoms with van der Waals surface area (Å²) in [6.45, 7) is 6.64. The number of piperidine rings is 1. The van der Waals surface area contributed by atoms with Crippen molar-refractivity contribution in [2.24, 2.45) is 0 Å². The number of fused-ring (bicyclic) bond motifs is 1. The Morgan fingerprint density at radius 3 is 2.00 bits per heavy atom. The zero-order valence-corrected chi connectivity index (χ0v) is 32.4. The van der Waals surface area contributed by atoms with Crippen LogP contribution in [0.3, 0.4) is 0 Å². The Balaban J connectivity index is 0.920. The number of hydrogen-bond acceptors (Lipinski definition) is 10. The van der Waals surface area contributed by atoms with E-state index in [1.165, 1.54) is 56.6 Å². The van der Waals surface area contributed by atoms with Crippen molar-refractivity contribution in [3.8, 4) is 5.75 Å². The molecule has 13 heteroatoms. The van der Waals surface area contributed by atoms with Crippen molar-refractivity contribution in [1.29, 1.82) is 0 Å². The lowest BCUT2D eigenvalue weighted by Gasteiger charge is -2.27. The summed E-state index contributed by atoms with van der Waals surface area (Å²) in [5.41, 5.74) is 1.77. The highest BCUT2D eigenvalue weighted by atomic mass is 16.6. The molecule has 0 aliphatic carbocycles. The summed E-state index contributed by atoms with van der Waals surface area (Å²) < 4.78 is 28.1. The summed E-state index contributed by atoms with van der Waals surface area (Å²) in [6.07, 6.45) is 12.9. The van der Waals surface area contributed by atoms with Crippen LogP contribution in [-0.4, -0.2) is 99.9 Å². The van der Waals surface area contributed by atoms with Crippen molar-refractivity contribution in [3.05, 3.63) is 59.2 Å². The zero-order valence-electron chi connectivity index (χ0n) is 32.4. The van der Waals surface area contributed by atoms with Gasteiger partial charge in [0.15, 0.2) is 0 Å². The minimum atomic E-state index is -1.07. The fraction of sp³-hybridized carbons (Fsp3) is 0.595. The van der Waals surface area contributed by atoms with Crippen LogP contribution in [0.15, 0.2) is 42.5 Å². The zero-order chi connectivity index (χ0) is 39.1. The van der Waals surface area contributed by atoms with Gasteiger partial charge in [0.1, 0.15) is 18.4 Å². The fourth-order valence-corrected chi connectivity index (χ4v) is 6.52. The number of amides is 5. The molecular formula is C42H59N3O10. The van der Waals surface area contributed by atoms with E-state index in [-0.39, 0.29) is 42.0 Å². The number of ether oxygens (including phenoxy) is 5. The predicted molar refractivity (Wildman–Crippen MR) is 207 cm³/mol. The number of carbonyl (C=O) groups excluding carboxylic acids is 5. The number of nitrogens with one attached hydrogen (secondary N) is 2. The molecule has 5 amide bonds. The highest BCUT2D eigenvalue weighted by molar-refractivity contribution is 6.26. The lowest BCUT2D eigenvalue weighted by atomic mass is 10.0. The first-order chi connectivity index (χ1) is 26.9. The number of benzene rings is 2. The van der Waals surface area contributed by atoms with Gasteiger partial charge in [0.25, 0.3) is 11.8 Å². The number of carbonyl (C=O) groups is 5. The van der Waals surface area contributed by atoms with Gasteiger partial charge in [-0.3, -0.25) is 34.2 Å². The highest BCUT2D eigenvalue weighted by Crippen LogP contribution is 2.32. The van der Waals surface area contributed by atoms with Gasteiger partial charge in [0, 0.05) is 19.4 Å². The third-order valence-corrected chi connectivity index (χ3v) is 9.54. The smallest absolute Gasteiger partial charge is 0.264 e. The minimum Gasteiger partial charge on any atom is -0.491 e. The van der Waals surface area contributed by atoms with Crippen molar-refractivity contribution in [2.75, 3.05) is 64.8 Å². The van der Waals surface area contributed by atoms with Crippen molar-refractivity contribution >= 4 is 35.2 Å². The topological polar surface area (TPSA) is 159 Å². The molecule has 2 heterocycles. The van der Waals surface area contributed by atoms with Crippen molar-refractivity contribution in [3.63, 3.8) is 0 Å². The van der Waals surface area contributed by atoms with Gasteiger partial charge in [-0.15, -0.1) is 0 Å². The molecule has 1 fully saturated rings. The molecule has 2 aromatic rings. The summed E-state index contributed by atoms with van der Waals surface area (Å²) in [4.78, 5) is 63.6. The van der Waals surface area contributed by atoms with Gasteiger partial charge in [0.05, 0.1) is 63.1 Å². The second-order valence-electron chi connectivity index (χ2n) is 13.8. The van der Waals surface area contributed by atoms with E-state index in [2.05, 4.69) is 29.7 Å². The standard InChI is InChI=1S/C42H59N3O10/c1-2-3-4-5-6-7-9-13-32-17-19-33(20-18-32)55-31-30-54-29-28-53-27-26-52-25-24-51-23-11-8-10-16-37(46)43-35-15-12-14-34-39(35)42(50)45(41(34)49)36-21-22-38(47)44-40(36)48/h12,14-15,17-20,36H,2-11,13,16,21-31H2,1H3,(H,43,46)(H,44,47,48). The Bertz CT molecular complexity index is 1520. The van der Waals surface area contributed by atoms with Gasteiger partial charge in [-0.2, -0.15) is 0 Å². The second-order valence-corrected chi connectivity index (χ2v) is 13.8. The average molecular weight is 766 g/mol. The molecule has 1 atom stereocenters. The van der Waals surface area contributed by atoms with E-state index in [0.717, 1.165) is 29.9 Å². The molecule has 1 saturated heterocycles. The number of rotatable bonds is 29. The molecule has 2 N–H and O–H groups in total. The quantitative estimate of drug-likeness (QED) is 0.0741. The van der Waals surface area contributed by atoms with E-state index in [9.17, 15) is 24.0 Å². The Kier molecular flexibility index (Phi) is 19.9. The lowest BCUT2D eigenvalue weighted by Crippen LogP contribution is -2.54. The molecule has 55 heavy (non-hydrogen) atoms. The Labute approximate surface area is 325 Å². The lowest BCUT2D eigenvalue weighted by molar-refractivity contribution is -0.136. The monoisotopic (exact) mass is 765 g/mol. The number of anilines is 1. The molecule has 0 aromatic heterocycles. The van der Waals surface area contributed by atoms with Crippen LogP contribution in [0, 0.1) is 0 Å². The Morgan fingerprint density at radius 2 is 1.33 bits per heavy atom. The van der Waals surface area contributed by atoms with Crippen LogP contribution in [0.2, 0.25) is 0 Å². The van der Waals surface area contributed by atoms with Crippen LogP contribution in [-0.2, 0) is 39.8 Å². The summed E-state index contributed by atoms with van der Waals surface area (Å²) in [6, 6.07) is 11.9. The molecule has 1 unspecified atom stereocenters. The first-order valence-corrected chi connectivity index (χ1v) is 20.1. The minimum absolute atomic E-state index is 0.0341. The Morgan fingerprint density at radius 1 is 0.709 bits per heavy atom. The molecule has 2 aliphatic heterocycles. The number of unbranched alkanes of at least 4 members (excludes halogenated alkanes) is 8. The highest BCUT2D eigenvalue weighted by Gasteiger charge is 2.45. The first kappa shape index (κ1) is 43.6. The van der Waals surface area contributed by atoms with E-state index >= 15 is 0 Å². The predicted octanol–water partition coefficient (Wildman–Crippen LogP) is 6.03. The number of aryl methyl sites for hydroxylation is 1. The number of imide groups is 2. The maximum absolute atomic E-state index is 13.2. The molecule has 0 radical (unpaired) electrons. The van der Waals surface area contributed by atoms with Gasteiger partial charge in [-0.05, 0) is 61.9 Å². The maximum atomic E-state index is 13.2. The third kappa shape index (κ3) is 15.1. The van der Waals surface area contributed by atoms with Gasteiger partial charge in [-0.25, -0.2) is 0 Å². The van der Waals surface area contributed by atoms with Crippen molar-refractivity contribution in [2.45, 2.75) is 103 Å². The Hall–Kier alpha value is -4.17. The molecule has 2 aliphatic rings. The molecule has 0 spiro atoms. The maximum Gasteiger partial charge on any atom is 0.264 e. The average Bonchev–Trinajstić information content (AvgIpc) is 3.43. The summed E-state index contributed by atoms with van der Waals surface area (Å²) >= 11 is 0. The largest absolute Gasteiger partial charge is 0.491 e. The van der Waals surface area contributed by atoms with Gasteiger partial charge in [0.2, 0.25) is 17.7 Å². The van der Waals surface area contributed by atoms with Crippen LogP contribution in [0.4, 0.5) is 5.69 Å². The fourth-order valence-electron chi connectivity index (χ4n) is 6.52. The molecule has 13 nitrogen and oxygen atoms in total. The summed E-state index contributed by atoms with van der Waals surface area (Å²) in [7, 11) is 0. The molecule has 2 aromatic carbocycles. The van der Waals surface area contributed by atoms with E-state index in [1.54, 1.807) is 12.1 Å². The van der Waals surface area contributed by atoms with E-state index < -0.39 is 29.7 Å². The molecule has 4 rings (SSSR count). The van der Waals surface area contributed by atoms with E-state index in [4.69, 9.17) is 23.7 Å². The molecule has 0 bridgehead atoms. The van der Waals surface area contributed by atoms with E-state index in [0.29, 0.717) is 65.9 Å². The van der Waals surface area contributed by atoms with Crippen LogP contribution in [0.5, 0.6) is 5.75 Å². The van der Waals surface area contributed by atoms with Crippen LogP contribution in [0.1, 0.15) is 117 Å². The summed E-state index contributed by atoms with van der Waals surface area (Å²) in [5, 5.41) is 4.92. The number of hydrogen-bond donors (Lipinski definition) is 2. The SMILES string of the molecule is CCCCCCCCCc1ccc(OCCOCCOCCOCCOCCCCCC(=O)Nc2cccc3c2C(=O)N(C2CCC(=O)NC2=O)C3=O)cc1. The van der Waals surface area contributed by atoms with Crippen LogP contribution >= 0.6 is 0 Å². The van der Waals surface area contributed by atoms with Gasteiger partial charge in [-0.1, -0.05) is 70.1 Å². The third-order valence-electron chi connectivity index (χ3n) is 9.54. The van der Waals surface area contributed by atoms with E-state index in [1.807, 2.05) is 12.1 Å². The van der Waals surface area contributed by atoms with Crippen LogP contribution < -0.4 is 15.4 Å². The summed E-state index contributed by atoms with van der Waals surface area (Å²) in [5.74, 6) is -1.82. The first-order valence-electron chi connectivity index (χ1n) is 20.1. The van der Waals surface area contributed by atoms with Crippen molar-refractivity contribution in [1.82, 2.24) is 10.2 Å². The normalized spacial score (nSPS) is 15.4.